The summed E-state index contributed by atoms with van der Waals surface area (Å²) in [5, 5.41) is 5.75. The Hall–Kier alpha value is -2.61. The van der Waals surface area contributed by atoms with Gasteiger partial charge in [-0.15, -0.1) is 0 Å². The second-order valence-electron chi connectivity index (χ2n) is 8.04. The van der Waals surface area contributed by atoms with Gasteiger partial charge in [0.2, 0.25) is 5.91 Å². The largest absolute Gasteiger partial charge is 0.496 e. The first kappa shape index (κ1) is 22.1. The monoisotopic (exact) mass is 416 g/mol. The van der Waals surface area contributed by atoms with Gasteiger partial charge in [-0.1, -0.05) is 32.0 Å². The molecule has 0 saturated carbocycles. The molecule has 4 amide bonds. The van der Waals surface area contributed by atoms with E-state index in [2.05, 4.69) is 21.6 Å². The van der Waals surface area contributed by atoms with Gasteiger partial charge in [-0.05, 0) is 31.7 Å². The molecule has 0 radical (unpaired) electrons. The van der Waals surface area contributed by atoms with E-state index in [1.165, 1.54) is 0 Å². The van der Waals surface area contributed by atoms with E-state index in [1.54, 1.807) is 7.11 Å². The number of urea groups is 1. The number of likely N-dealkylation sites (tertiary alicyclic amines) is 1. The van der Waals surface area contributed by atoms with Crippen molar-refractivity contribution in [2.75, 3.05) is 26.7 Å². The van der Waals surface area contributed by atoms with Crippen molar-refractivity contribution < 1.29 is 19.1 Å². The standard InChI is InChI=1S/C22H32N4O4/c1-4-22(5-2)20(28)26(21(29)24-22)15-19(27)23-17-10-12-25(13-11-17)14-16-8-6-7-9-18(16)30-3/h6-9,17H,4-5,10-15H2,1-3H3,(H,23,27)(H,24,29). The van der Waals surface area contributed by atoms with Crippen LogP contribution in [0.15, 0.2) is 24.3 Å². The summed E-state index contributed by atoms with van der Waals surface area (Å²) in [6, 6.07) is 7.56. The summed E-state index contributed by atoms with van der Waals surface area (Å²) in [4.78, 5) is 40.7. The van der Waals surface area contributed by atoms with Crippen LogP contribution in [0.4, 0.5) is 4.79 Å². The summed E-state index contributed by atoms with van der Waals surface area (Å²) in [5.74, 6) is 0.292. The smallest absolute Gasteiger partial charge is 0.325 e. The minimum absolute atomic E-state index is 0.0503. The Labute approximate surface area is 177 Å². The van der Waals surface area contributed by atoms with Crippen LogP contribution in [-0.2, 0) is 16.1 Å². The van der Waals surface area contributed by atoms with Crippen molar-refractivity contribution in [3.63, 3.8) is 0 Å². The molecule has 2 fully saturated rings. The van der Waals surface area contributed by atoms with Crippen LogP contribution in [-0.4, -0.2) is 66.0 Å². The molecule has 2 aliphatic rings. The van der Waals surface area contributed by atoms with Gasteiger partial charge in [0, 0.05) is 31.2 Å². The van der Waals surface area contributed by atoms with Crippen molar-refractivity contribution in [2.45, 2.75) is 57.7 Å². The maximum Gasteiger partial charge on any atom is 0.325 e. The molecule has 2 N–H and O–H groups in total. The fourth-order valence-electron chi connectivity index (χ4n) is 4.28. The van der Waals surface area contributed by atoms with Crippen LogP contribution in [0, 0.1) is 0 Å². The molecule has 0 atom stereocenters. The highest BCUT2D eigenvalue weighted by Gasteiger charge is 2.49. The number of piperidine rings is 1. The Morgan fingerprint density at radius 3 is 2.47 bits per heavy atom. The zero-order valence-corrected chi connectivity index (χ0v) is 18.1. The van der Waals surface area contributed by atoms with Crippen LogP contribution >= 0.6 is 0 Å². The molecule has 0 aliphatic carbocycles. The van der Waals surface area contributed by atoms with E-state index in [0.29, 0.717) is 12.8 Å². The number of methoxy groups -OCH3 is 1. The van der Waals surface area contributed by atoms with Crippen molar-refractivity contribution >= 4 is 17.8 Å². The van der Waals surface area contributed by atoms with Gasteiger partial charge in [0.1, 0.15) is 17.8 Å². The van der Waals surface area contributed by atoms with Crippen LogP contribution < -0.4 is 15.4 Å². The number of rotatable bonds is 8. The number of benzene rings is 1. The summed E-state index contributed by atoms with van der Waals surface area (Å²) in [6.45, 7) is 6.03. The van der Waals surface area contributed by atoms with E-state index < -0.39 is 11.6 Å². The molecule has 164 valence electrons. The third-order valence-corrected chi connectivity index (χ3v) is 6.29. The highest BCUT2D eigenvalue weighted by atomic mass is 16.5. The van der Waals surface area contributed by atoms with E-state index in [-0.39, 0.29) is 24.4 Å². The van der Waals surface area contributed by atoms with Gasteiger partial charge in [-0.2, -0.15) is 0 Å². The van der Waals surface area contributed by atoms with Crippen molar-refractivity contribution in [3.8, 4) is 5.75 Å². The average molecular weight is 417 g/mol. The van der Waals surface area contributed by atoms with Crippen LogP contribution in [0.25, 0.3) is 0 Å². The molecule has 2 saturated heterocycles. The van der Waals surface area contributed by atoms with Crippen molar-refractivity contribution in [1.82, 2.24) is 20.4 Å². The molecular weight excluding hydrogens is 384 g/mol. The minimum Gasteiger partial charge on any atom is -0.496 e. The molecule has 0 bridgehead atoms. The summed E-state index contributed by atoms with van der Waals surface area (Å²) >= 11 is 0. The van der Waals surface area contributed by atoms with Crippen molar-refractivity contribution in [3.05, 3.63) is 29.8 Å². The maximum absolute atomic E-state index is 12.6. The molecule has 3 rings (SSSR count). The lowest BCUT2D eigenvalue weighted by atomic mass is 9.93. The summed E-state index contributed by atoms with van der Waals surface area (Å²) in [7, 11) is 1.68. The molecule has 1 aromatic rings. The third kappa shape index (κ3) is 4.59. The summed E-state index contributed by atoms with van der Waals surface area (Å²) < 4.78 is 5.42. The van der Waals surface area contributed by atoms with Crippen LogP contribution in [0.3, 0.4) is 0 Å². The molecule has 0 spiro atoms. The Kier molecular flexibility index (Phi) is 6.97. The molecule has 1 aromatic carbocycles. The topological polar surface area (TPSA) is 91.0 Å². The number of hydrogen-bond donors (Lipinski definition) is 2. The highest BCUT2D eigenvalue weighted by molar-refractivity contribution is 6.09. The molecule has 30 heavy (non-hydrogen) atoms. The molecule has 2 heterocycles. The second-order valence-corrected chi connectivity index (χ2v) is 8.04. The zero-order chi connectivity index (χ0) is 21.7. The Morgan fingerprint density at radius 1 is 1.20 bits per heavy atom. The molecule has 8 heteroatoms. The number of hydrogen-bond acceptors (Lipinski definition) is 5. The predicted octanol–water partition coefficient (Wildman–Crippen LogP) is 1.89. The number of carbonyl (C=O) groups excluding carboxylic acids is 3. The number of amides is 4. The van der Waals surface area contributed by atoms with Crippen molar-refractivity contribution in [1.29, 1.82) is 0 Å². The Bertz CT molecular complexity index is 785. The zero-order valence-electron chi connectivity index (χ0n) is 18.1. The summed E-state index contributed by atoms with van der Waals surface area (Å²) in [5.41, 5.74) is 0.276. The molecule has 0 aromatic heterocycles. The highest BCUT2D eigenvalue weighted by Crippen LogP contribution is 2.25. The van der Waals surface area contributed by atoms with E-state index in [9.17, 15) is 14.4 Å². The lowest BCUT2D eigenvalue weighted by Gasteiger charge is -2.32. The lowest BCUT2D eigenvalue weighted by molar-refractivity contribution is -0.135. The Morgan fingerprint density at radius 2 is 1.87 bits per heavy atom. The number of para-hydroxylation sites is 1. The van der Waals surface area contributed by atoms with Gasteiger partial charge >= 0.3 is 6.03 Å². The van der Waals surface area contributed by atoms with E-state index >= 15 is 0 Å². The van der Waals surface area contributed by atoms with Gasteiger partial charge in [-0.3, -0.25) is 19.4 Å². The molecule has 2 aliphatic heterocycles. The number of imide groups is 1. The third-order valence-electron chi connectivity index (χ3n) is 6.29. The summed E-state index contributed by atoms with van der Waals surface area (Å²) in [6.07, 6.45) is 2.68. The Balaban J connectivity index is 1.48. The number of ether oxygens (including phenoxy) is 1. The SMILES string of the molecule is CCC1(CC)NC(=O)N(CC(=O)NC2CCN(Cc3ccccc3OC)CC2)C1=O. The number of nitrogens with one attached hydrogen (secondary N) is 2. The first-order valence-corrected chi connectivity index (χ1v) is 10.7. The number of carbonyl (C=O) groups is 3. The quantitative estimate of drug-likeness (QED) is 0.632. The predicted molar refractivity (Wildman–Crippen MR) is 113 cm³/mol. The molecular formula is C22H32N4O4. The number of nitrogens with zero attached hydrogens (tertiary/aromatic N) is 2. The van der Waals surface area contributed by atoms with Gasteiger partial charge in [-0.25, -0.2) is 4.79 Å². The first-order chi connectivity index (χ1) is 14.4. The maximum atomic E-state index is 12.6. The average Bonchev–Trinajstić information content (AvgIpc) is 3.00. The van der Waals surface area contributed by atoms with Crippen molar-refractivity contribution in [2.24, 2.45) is 0 Å². The lowest BCUT2D eigenvalue weighted by Crippen LogP contribution is -2.49. The van der Waals surface area contributed by atoms with E-state index in [1.807, 2.05) is 32.0 Å². The fraction of sp³-hybridized carbons (Fsp3) is 0.591. The molecule has 0 unspecified atom stereocenters. The van der Waals surface area contributed by atoms with Gasteiger partial charge in [0.25, 0.3) is 5.91 Å². The molecule has 8 nitrogen and oxygen atoms in total. The second kappa shape index (κ2) is 9.47. The normalized spacial score (nSPS) is 19.6. The van der Waals surface area contributed by atoms with Gasteiger partial charge in [0.05, 0.1) is 7.11 Å². The minimum atomic E-state index is -0.874. The first-order valence-electron chi connectivity index (χ1n) is 10.7. The van der Waals surface area contributed by atoms with Crippen LogP contribution in [0.1, 0.15) is 45.1 Å². The van der Waals surface area contributed by atoms with Crippen LogP contribution in [0.5, 0.6) is 5.75 Å². The van der Waals surface area contributed by atoms with Crippen LogP contribution in [0.2, 0.25) is 0 Å². The van der Waals surface area contributed by atoms with Gasteiger partial charge < -0.3 is 15.4 Å². The van der Waals surface area contributed by atoms with E-state index in [0.717, 1.165) is 48.7 Å². The van der Waals surface area contributed by atoms with Gasteiger partial charge in [0.15, 0.2) is 0 Å². The fourth-order valence-corrected chi connectivity index (χ4v) is 4.28. The van der Waals surface area contributed by atoms with E-state index in [4.69, 9.17) is 4.74 Å².